The molecular formula is C32H40N4O3S. The van der Waals surface area contributed by atoms with E-state index in [0.29, 0.717) is 18.5 Å². The Morgan fingerprint density at radius 3 is 2.30 bits per heavy atom. The minimum absolute atomic E-state index is 0.118. The van der Waals surface area contributed by atoms with E-state index in [1.54, 1.807) is 6.07 Å². The fourth-order valence-corrected chi connectivity index (χ4v) is 6.35. The summed E-state index contributed by atoms with van der Waals surface area (Å²) in [6, 6.07) is 15.4. The molecule has 0 aliphatic rings. The lowest BCUT2D eigenvalue weighted by Crippen LogP contribution is -2.30. The Bertz CT molecular complexity index is 1610. The van der Waals surface area contributed by atoms with Gasteiger partial charge in [0.05, 0.1) is 11.4 Å². The average Bonchev–Trinajstić information content (AvgIpc) is 3.26. The van der Waals surface area contributed by atoms with Crippen LogP contribution in [-0.2, 0) is 34.2 Å². The Kier molecular flexibility index (Phi) is 9.40. The zero-order valence-electron chi connectivity index (χ0n) is 24.3. The van der Waals surface area contributed by atoms with Gasteiger partial charge >= 0.3 is 0 Å². The highest BCUT2D eigenvalue weighted by atomic mass is 32.2. The molecule has 7 nitrogen and oxygen atoms in total. The molecule has 0 saturated heterocycles. The van der Waals surface area contributed by atoms with E-state index in [9.17, 15) is 13.2 Å². The predicted octanol–water partition coefficient (Wildman–Crippen LogP) is 6.66. The molecule has 4 rings (SSSR count). The van der Waals surface area contributed by atoms with E-state index in [-0.39, 0.29) is 11.3 Å². The van der Waals surface area contributed by atoms with Gasteiger partial charge in [0.15, 0.2) is 5.65 Å². The Hall–Kier alpha value is -3.52. The van der Waals surface area contributed by atoms with E-state index in [1.165, 1.54) is 0 Å². The van der Waals surface area contributed by atoms with Crippen LogP contribution in [0.25, 0.3) is 22.3 Å². The standard InChI is InChI=1S/C32H40N4O3S/c1-6-9-10-12-30(37)35-40(38,39)28-18-15-24(11-7-2)20-27(28)26-16-13-25(14-17-26)21-36-29(8-3)34-31-22(4)19-23(5)33-32(31)36/h13-20H,6-12,21H2,1-5H3,(H,35,37). The molecule has 1 N–H and O–H groups in total. The lowest BCUT2D eigenvalue weighted by atomic mass is 10.00. The van der Waals surface area contributed by atoms with Crippen molar-refractivity contribution in [1.29, 1.82) is 0 Å². The number of nitrogens with one attached hydrogen (secondary N) is 1. The molecule has 40 heavy (non-hydrogen) atoms. The Morgan fingerprint density at radius 1 is 0.900 bits per heavy atom. The summed E-state index contributed by atoms with van der Waals surface area (Å²) < 4.78 is 31.1. The minimum Gasteiger partial charge on any atom is -0.308 e. The van der Waals surface area contributed by atoms with Crippen LogP contribution in [0.1, 0.15) is 81.1 Å². The van der Waals surface area contributed by atoms with Crippen molar-refractivity contribution in [2.75, 3.05) is 0 Å². The summed E-state index contributed by atoms with van der Waals surface area (Å²) in [4.78, 5) is 22.1. The van der Waals surface area contributed by atoms with Crippen molar-refractivity contribution in [1.82, 2.24) is 19.3 Å². The van der Waals surface area contributed by atoms with Crippen molar-refractivity contribution in [2.45, 2.75) is 91.0 Å². The minimum atomic E-state index is -4.02. The highest BCUT2D eigenvalue weighted by Gasteiger charge is 2.22. The smallest absolute Gasteiger partial charge is 0.264 e. The first-order valence-electron chi connectivity index (χ1n) is 14.3. The van der Waals surface area contributed by atoms with Gasteiger partial charge in [0, 0.05) is 24.1 Å². The molecule has 0 atom stereocenters. The monoisotopic (exact) mass is 560 g/mol. The quantitative estimate of drug-likeness (QED) is 0.196. The number of unbranched alkanes of at least 4 members (excludes halogenated alkanes) is 2. The number of hydrogen-bond donors (Lipinski definition) is 1. The maximum Gasteiger partial charge on any atom is 0.264 e. The molecule has 0 aliphatic heterocycles. The van der Waals surface area contributed by atoms with Gasteiger partial charge < -0.3 is 4.57 Å². The molecule has 0 bridgehead atoms. The van der Waals surface area contributed by atoms with E-state index in [1.807, 2.05) is 50.2 Å². The van der Waals surface area contributed by atoms with Crippen LogP contribution in [0.3, 0.4) is 0 Å². The van der Waals surface area contributed by atoms with Crippen LogP contribution in [0.2, 0.25) is 0 Å². The molecule has 0 spiro atoms. The molecule has 2 heterocycles. The van der Waals surface area contributed by atoms with Gasteiger partial charge in [0.2, 0.25) is 5.91 Å². The van der Waals surface area contributed by atoms with E-state index < -0.39 is 15.9 Å². The van der Waals surface area contributed by atoms with Gasteiger partial charge in [-0.1, -0.05) is 70.4 Å². The first-order valence-corrected chi connectivity index (χ1v) is 15.8. The van der Waals surface area contributed by atoms with Gasteiger partial charge in [-0.15, -0.1) is 0 Å². The second kappa shape index (κ2) is 12.8. The molecule has 0 aliphatic carbocycles. The molecule has 0 fully saturated rings. The summed E-state index contributed by atoms with van der Waals surface area (Å²) >= 11 is 0. The van der Waals surface area contributed by atoms with Gasteiger partial charge in [-0.2, -0.15) is 0 Å². The number of aromatic nitrogens is 3. The lowest BCUT2D eigenvalue weighted by Gasteiger charge is -2.15. The number of rotatable bonds is 12. The van der Waals surface area contributed by atoms with Crippen molar-refractivity contribution in [3.63, 3.8) is 0 Å². The zero-order chi connectivity index (χ0) is 28.9. The van der Waals surface area contributed by atoms with Crippen LogP contribution in [0.5, 0.6) is 0 Å². The van der Waals surface area contributed by atoms with Crippen molar-refractivity contribution >= 4 is 27.1 Å². The third-order valence-corrected chi connectivity index (χ3v) is 8.58. The van der Waals surface area contributed by atoms with Crippen LogP contribution < -0.4 is 4.72 Å². The van der Waals surface area contributed by atoms with Gasteiger partial charge in [-0.25, -0.2) is 23.1 Å². The van der Waals surface area contributed by atoms with Crippen molar-refractivity contribution in [3.8, 4) is 11.1 Å². The number of nitrogens with zero attached hydrogens (tertiary/aromatic N) is 3. The topological polar surface area (TPSA) is 94.0 Å². The van der Waals surface area contributed by atoms with Crippen LogP contribution in [0.4, 0.5) is 0 Å². The maximum absolute atomic E-state index is 13.3. The molecule has 4 aromatic rings. The van der Waals surface area contributed by atoms with Crippen molar-refractivity contribution < 1.29 is 13.2 Å². The number of pyridine rings is 1. The molecule has 1 amide bonds. The SMILES string of the molecule is CCCCCC(=O)NS(=O)(=O)c1ccc(CCC)cc1-c1ccc(Cn2c(CC)nc3c(C)cc(C)nc32)cc1. The third kappa shape index (κ3) is 6.61. The highest BCUT2D eigenvalue weighted by molar-refractivity contribution is 7.90. The van der Waals surface area contributed by atoms with E-state index in [0.717, 1.165) is 77.0 Å². The second-order valence-electron chi connectivity index (χ2n) is 10.5. The number of amides is 1. The van der Waals surface area contributed by atoms with Crippen LogP contribution >= 0.6 is 0 Å². The summed E-state index contributed by atoms with van der Waals surface area (Å²) in [6.45, 7) is 10.9. The number of aryl methyl sites for hydroxylation is 4. The molecule has 2 aromatic carbocycles. The summed E-state index contributed by atoms with van der Waals surface area (Å²) in [5.74, 6) is 0.515. The number of fused-ring (bicyclic) bond motifs is 1. The molecule has 2 aromatic heterocycles. The molecule has 0 radical (unpaired) electrons. The van der Waals surface area contributed by atoms with E-state index in [4.69, 9.17) is 9.97 Å². The molecule has 0 saturated carbocycles. The summed E-state index contributed by atoms with van der Waals surface area (Å²) in [6.07, 6.45) is 5.30. The summed E-state index contributed by atoms with van der Waals surface area (Å²) in [5.41, 5.74) is 7.40. The largest absolute Gasteiger partial charge is 0.308 e. The normalized spacial score (nSPS) is 11.7. The molecule has 212 valence electrons. The summed E-state index contributed by atoms with van der Waals surface area (Å²) in [7, 11) is -4.02. The average molecular weight is 561 g/mol. The van der Waals surface area contributed by atoms with Crippen LogP contribution in [0, 0.1) is 13.8 Å². The second-order valence-corrected chi connectivity index (χ2v) is 12.1. The fraction of sp³-hybridized carbons (Fsp3) is 0.406. The van der Waals surface area contributed by atoms with Crippen molar-refractivity contribution in [3.05, 3.63) is 76.7 Å². The highest BCUT2D eigenvalue weighted by Crippen LogP contribution is 2.30. The Labute approximate surface area is 238 Å². The number of benzene rings is 2. The summed E-state index contributed by atoms with van der Waals surface area (Å²) in [5, 5.41) is 0. The van der Waals surface area contributed by atoms with Crippen molar-refractivity contribution in [2.24, 2.45) is 0 Å². The third-order valence-electron chi connectivity index (χ3n) is 7.15. The first kappa shape index (κ1) is 29.5. The molecular weight excluding hydrogens is 520 g/mol. The molecule has 8 heteroatoms. The van der Waals surface area contributed by atoms with Gasteiger partial charge in [-0.3, -0.25) is 4.79 Å². The number of imidazole rings is 1. The molecule has 0 unspecified atom stereocenters. The number of carbonyl (C=O) groups excluding carboxylic acids is 1. The number of hydrogen-bond acceptors (Lipinski definition) is 5. The Morgan fingerprint density at radius 2 is 1.62 bits per heavy atom. The van der Waals surface area contributed by atoms with Crippen LogP contribution in [0.15, 0.2) is 53.4 Å². The van der Waals surface area contributed by atoms with E-state index in [2.05, 4.69) is 36.1 Å². The fourth-order valence-electron chi connectivity index (χ4n) is 5.13. The van der Waals surface area contributed by atoms with Crippen LogP contribution in [-0.4, -0.2) is 28.9 Å². The predicted molar refractivity (Wildman–Crippen MR) is 161 cm³/mol. The number of sulfonamides is 1. The zero-order valence-corrected chi connectivity index (χ0v) is 25.1. The lowest BCUT2D eigenvalue weighted by molar-refractivity contribution is -0.119. The van der Waals surface area contributed by atoms with Gasteiger partial charge in [-0.05, 0) is 67.1 Å². The van der Waals surface area contributed by atoms with Gasteiger partial charge in [0.1, 0.15) is 11.3 Å². The van der Waals surface area contributed by atoms with Gasteiger partial charge in [0.25, 0.3) is 10.0 Å². The maximum atomic E-state index is 13.3. The number of carbonyl (C=O) groups is 1. The first-order chi connectivity index (χ1) is 19.2. The van der Waals surface area contributed by atoms with E-state index >= 15 is 0 Å². The Balaban J connectivity index is 1.67.